The van der Waals surface area contributed by atoms with E-state index < -0.39 is 5.60 Å². The molecule has 3 N–H and O–H groups in total. The minimum Gasteiger partial charge on any atom is -0.444 e. The number of nitrogens with one attached hydrogen (secondary N) is 1. The summed E-state index contributed by atoms with van der Waals surface area (Å²) >= 11 is 0. The van der Waals surface area contributed by atoms with Crippen molar-refractivity contribution in [1.82, 2.24) is 10.2 Å². The third kappa shape index (κ3) is 8.27. The first kappa shape index (κ1) is 20.2. The highest BCUT2D eigenvalue weighted by Crippen LogP contribution is 2.12. The molecule has 0 heterocycles. The minimum atomic E-state index is -0.483. The molecule has 0 aromatic heterocycles. The third-order valence-corrected chi connectivity index (χ3v) is 3.68. The molecule has 0 aromatic rings. The fourth-order valence-corrected chi connectivity index (χ4v) is 2.29. The van der Waals surface area contributed by atoms with Crippen molar-refractivity contribution in [2.45, 2.75) is 72.6 Å². The molecule has 21 heavy (non-hydrogen) atoms. The van der Waals surface area contributed by atoms with Gasteiger partial charge in [-0.3, -0.25) is 4.90 Å². The van der Waals surface area contributed by atoms with E-state index in [1.165, 1.54) is 0 Å². The quantitative estimate of drug-likeness (QED) is 0.723. The number of nitrogens with two attached hydrogens (primary N) is 1. The van der Waals surface area contributed by atoms with Crippen LogP contribution in [0.2, 0.25) is 0 Å². The first-order valence-electron chi connectivity index (χ1n) is 8.08. The molecule has 1 amide bonds. The van der Waals surface area contributed by atoms with Crippen molar-refractivity contribution in [1.29, 1.82) is 0 Å². The van der Waals surface area contributed by atoms with Crippen LogP contribution in [-0.4, -0.2) is 48.3 Å². The molecule has 0 aliphatic carbocycles. The molecule has 3 atom stereocenters. The minimum absolute atomic E-state index is 0.0474. The number of nitrogens with zero attached hydrogens (tertiary/aromatic N) is 1. The second kappa shape index (κ2) is 9.26. The number of amides is 1. The number of hydrogen-bond acceptors (Lipinski definition) is 4. The molecule has 0 rings (SSSR count). The van der Waals surface area contributed by atoms with E-state index in [2.05, 4.69) is 31.0 Å². The molecule has 0 fully saturated rings. The van der Waals surface area contributed by atoms with Crippen LogP contribution in [0.1, 0.15) is 54.9 Å². The van der Waals surface area contributed by atoms with Crippen LogP contribution in [0.5, 0.6) is 0 Å². The standard InChI is InChI=1S/C16H35N3O2/c1-8-12(3)11-19(9-2)14(10-17)13(4)18-15(20)21-16(5,6)7/h12-14H,8-11,17H2,1-7H3,(H,18,20). The molecule has 0 radical (unpaired) electrons. The van der Waals surface area contributed by atoms with E-state index in [4.69, 9.17) is 10.5 Å². The van der Waals surface area contributed by atoms with Gasteiger partial charge in [0.05, 0.1) is 0 Å². The average molecular weight is 301 g/mol. The molecule has 0 saturated carbocycles. The van der Waals surface area contributed by atoms with E-state index in [1.54, 1.807) is 0 Å². The van der Waals surface area contributed by atoms with Crippen LogP contribution >= 0.6 is 0 Å². The van der Waals surface area contributed by atoms with Crippen molar-refractivity contribution in [2.75, 3.05) is 19.6 Å². The zero-order chi connectivity index (χ0) is 16.6. The van der Waals surface area contributed by atoms with Crippen LogP contribution in [0.3, 0.4) is 0 Å². The summed E-state index contributed by atoms with van der Waals surface area (Å²) in [7, 11) is 0. The SMILES string of the molecule is CCC(C)CN(CC)C(CN)C(C)NC(=O)OC(C)(C)C. The molecular weight excluding hydrogens is 266 g/mol. The van der Waals surface area contributed by atoms with Crippen molar-refractivity contribution < 1.29 is 9.53 Å². The number of carbonyl (C=O) groups is 1. The molecule has 0 spiro atoms. The summed E-state index contributed by atoms with van der Waals surface area (Å²) in [6, 6.07) is 0.0744. The molecule has 0 bridgehead atoms. The van der Waals surface area contributed by atoms with Gasteiger partial charge in [0.2, 0.25) is 0 Å². The molecule has 0 aliphatic rings. The van der Waals surface area contributed by atoms with Gasteiger partial charge in [0.15, 0.2) is 0 Å². The maximum atomic E-state index is 11.9. The topological polar surface area (TPSA) is 67.6 Å². The molecule has 0 saturated heterocycles. The molecule has 126 valence electrons. The van der Waals surface area contributed by atoms with Gasteiger partial charge in [0.1, 0.15) is 5.60 Å². The fourth-order valence-electron chi connectivity index (χ4n) is 2.29. The number of alkyl carbamates (subject to hydrolysis) is 1. The van der Waals surface area contributed by atoms with Gasteiger partial charge >= 0.3 is 6.09 Å². The lowest BCUT2D eigenvalue weighted by Gasteiger charge is -2.36. The lowest BCUT2D eigenvalue weighted by molar-refractivity contribution is 0.0466. The Kier molecular flexibility index (Phi) is 8.90. The van der Waals surface area contributed by atoms with Crippen LogP contribution in [-0.2, 0) is 4.74 Å². The third-order valence-electron chi connectivity index (χ3n) is 3.68. The monoisotopic (exact) mass is 301 g/mol. The first-order chi connectivity index (χ1) is 9.64. The Morgan fingerprint density at radius 3 is 2.24 bits per heavy atom. The van der Waals surface area contributed by atoms with E-state index in [0.717, 1.165) is 19.5 Å². The lowest BCUT2D eigenvalue weighted by atomic mass is 10.0. The van der Waals surface area contributed by atoms with Crippen LogP contribution in [0.15, 0.2) is 0 Å². The number of rotatable bonds is 8. The molecular formula is C16H35N3O2. The lowest BCUT2D eigenvalue weighted by Crippen LogP contribution is -2.55. The Hall–Kier alpha value is -0.810. The highest BCUT2D eigenvalue weighted by atomic mass is 16.6. The smallest absolute Gasteiger partial charge is 0.407 e. The largest absolute Gasteiger partial charge is 0.444 e. The van der Waals surface area contributed by atoms with Gasteiger partial charge in [-0.05, 0) is 40.2 Å². The Balaban J connectivity index is 4.64. The summed E-state index contributed by atoms with van der Waals surface area (Å²) in [6.07, 6.45) is 0.759. The van der Waals surface area contributed by atoms with E-state index in [-0.39, 0.29) is 18.2 Å². The van der Waals surface area contributed by atoms with Gasteiger partial charge in [0, 0.05) is 25.2 Å². The van der Waals surface area contributed by atoms with E-state index >= 15 is 0 Å². The molecule has 0 aromatic carbocycles. The second-order valence-corrected chi connectivity index (χ2v) is 6.84. The summed E-state index contributed by atoms with van der Waals surface area (Å²) in [5.74, 6) is 0.618. The maximum Gasteiger partial charge on any atom is 0.407 e. The van der Waals surface area contributed by atoms with Gasteiger partial charge in [-0.2, -0.15) is 0 Å². The summed E-state index contributed by atoms with van der Waals surface area (Å²) in [6.45, 7) is 16.6. The van der Waals surface area contributed by atoms with Crippen molar-refractivity contribution in [3.63, 3.8) is 0 Å². The summed E-state index contributed by atoms with van der Waals surface area (Å²) < 4.78 is 5.31. The van der Waals surface area contributed by atoms with E-state index in [0.29, 0.717) is 12.5 Å². The highest BCUT2D eigenvalue weighted by Gasteiger charge is 2.26. The Bertz CT molecular complexity index is 302. The second-order valence-electron chi connectivity index (χ2n) is 6.84. The summed E-state index contributed by atoms with van der Waals surface area (Å²) in [5, 5.41) is 2.91. The summed E-state index contributed by atoms with van der Waals surface area (Å²) in [5.41, 5.74) is 5.45. The van der Waals surface area contributed by atoms with E-state index in [1.807, 2.05) is 27.7 Å². The Morgan fingerprint density at radius 2 is 1.86 bits per heavy atom. The summed E-state index contributed by atoms with van der Waals surface area (Å²) in [4.78, 5) is 14.2. The molecule has 5 nitrogen and oxygen atoms in total. The van der Waals surface area contributed by atoms with Crippen LogP contribution in [0.4, 0.5) is 4.79 Å². The normalized spacial score (nSPS) is 16.4. The number of hydrogen-bond donors (Lipinski definition) is 2. The predicted molar refractivity (Wildman–Crippen MR) is 88.4 cm³/mol. The number of likely N-dealkylation sites (N-methyl/N-ethyl adjacent to an activating group) is 1. The molecule has 3 unspecified atom stereocenters. The predicted octanol–water partition coefficient (Wildman–Crippen LogP) is 2.59. The maximum absolute atomic E-state index is 11.9. The van der Waals surface area contributed by atoms with Gasteiger partial charge in [-0.15, -0.1) is 0 Å². The van der Waals surface area contributed by atoms with Gasteiger partial charge in [-0.1, -0.05) is 27.2 Å². The zero-order valence-corrected chi connectivity index (χ0v) is 14.9. The van der Waals surface area contributed by atoms with Crippen molar-refractivity contribution in [2.24, 2.45) is 11.7 Å². The number of ether oxygens (including phenoxy) is 1. The van der Waals surface area contributed by atoms with Crippen LogP contribution in [0, 0.1) is 5.92 Å². The Morgan fingerprint density at radius 1 is 1.29 bits per heavy atom. The fraction of sp³-hybridized carbons (Fsp3) is 0.938. The van der Waals surface area contributed by atoms with Crippen LogP contribution < -0.4 is 11.1 Å². The van der Waals surface area contributed by atoms with Crippen molar-refractivity contribution in [3.8, 4) is 0 Å². The molecule has 0 aliphatic heterocycles. The zero-order valence-electron chi connectivity index (χ0n) is 14.9. The van der Waals surface area contributed by atoms with Gasteiger partial charge in [-0.25, -0.2) is 4.79 Å². The highest BCUT2D eigenvalue weighted by molar-refractivity contribution is 5.68. The molecule has 5 heteroatoms. The number of carbonyl (C=O) groups excluding carboxylic acids is 1. The Labute approximate surface area is 130 Å². The van der Waals surface area contributed by atoms with Crippen LogP contribution in [0.25, 0.3) is 0 Å². The van der Waals surface area contributed by atoms with E-state index in [9.17, 15) is 4.79 Å². The average Bonchev–Trinajstić information content (AvgIpc) is 2.35. The first-order valence-corrected chi connectivity index (χ1v) is 8.08. The van der Waals surface area contributed by atoms with Crippen molar-refractivity contribution >= 4 is 6.09 Å². The van der Waals surface area contributed by atoms with Gasteiger partial charge in [0.25, 0.3) is 0 Å². The van der Waals surface area contributed by atoms with Crippen molar-refractivity contribution in [3.05, 3.63) is 0 Å². The van der Waals surface area contributed by atoms with Gasteiger partial charge < -0.3 is 15.8 Å².